The number of halogens is 2. The van der Waals surface area contributed by atoms with Crippen LogP contribution in [0.4, 0.5) is 8.78 Å². The van der Waals surface area contributed by atoms with Crippen molar-refractivity contribution in [2.75, 3.05) is 0 Å². The van der Waals surface area contributed by atoms with Gasteiger partial charge in [-0.2, -0.15) is 0 Å². The molecule has 0 aliphatic carbocycles. The third-order valence-corrected chi connectivity index (χ3v) is 4.95. The van der Waals surface area contributed by atoms with Gasteiger partial charge in [-0.05, 0) is 18.2 Å². The highest BCUT2D eigenvalue weighted by molar-refractivity contribution is 7.13. The molecule has 27 heavy (non-hydrogen) atoms. The fourth-order valence-corrected chi connectivity index (χ4v) is 3.54. The number of carbonyl (C=O) groups is 2. The van der Waals surface area contributed by atoms with Crippen LogP contribution in [0.25, 0.3) is 10.6 Å². The number of hydrogen-bond donors (Lipinski definition) is 1. The van der Waals surface area contributed by atoms with Gasteiger partial charge in [0.2, 0.25) is 0 Å². The number of carboxylic acids is 1. The Kier molecular flexibility index (Phi) is 5.71. The molecule has 138 valence electrons. The molecule has 1 atom stereocenters. The summed E-state index contributed by atoms with van der Waals surface area (Å²) in [7, 11) is 0. The van der Waals surface area contributed by atoms with Crippen molar-refractivity contribution in [3.63, 3.8) is 0 Å². The van der Waals surface area contributed by atoms with E-state index < -0.39 is 35.7 Å². The van der Waals surface area contributed by atoms with E-state index in [1.165, 1.54) is 11.3 Å². The SMILES string of the molecule is O=C(Cc1csc(-c2ccccc2)n1)CC(C(=O)O)c1cc(F)ccc1F. The van der Waals surface area contributed by atoms with Crippen LogP contribution in [0.15, 0.2) is 53.9 Å². The lowest BCUT2D eigenvalue weighted by atomic mass is 9.92. The van der Waals surface area contributed by atoms with E-state index in [0.717, 1.165) is 28.8 Å². The number of nitrogens with zero attached hydrogens (tertiary/aromatic N) is 1. The number of aliphatic carboxylic acids is 1. The predicted octanol–water partition coefficient (Wildman–Crippen LogP) is 4.46. The number of carbonyl (C=O) groups excluding carboxylic acids is 1. The van der Waals surface area contributed by atoms with Crippen molar-refractivity contribution in [2.45, 2.75) is 18.8 Å². The van der Waals surface area contributed by atoms with Gasteiger partial charge in [0.05, 0.1) is 11.6 Å². The fraction of sp³-hybridized carbons (Fsp3) is 0.150. The first-order valence-electron chi connectivity index (χ1n) is 8.13. The highest BCUT2D eigenvalue weighted by Gasteiger charge is 2.27. The Balaban J connectivity index is 1.73. The Morgan fingerprint density at radius 1 is 1.11 bits per heavy atom. The predicted molar refractivity (Wildman–Crippen MR) is 97.6 cm³/mol. The number of ketones is 1. The molecule has 0 spiro atoms. The zero-order chi connectivity index (χ0) is 19.4. The summed E-state index contributed by atoms with van der Waals surface area (Å²) in [4.78, 5) is 28.2. The van der Waals surface area contributed by atoms with Crippen LogP contribution in [0.5, 0.6) is 0 Å². The number of rotatable bonds is 7. The van der Waals surface area contributed by atoms with Gasteiger partial charge in [0.1, 0.15) is 22.4 Å². The van der Waals surface area contributed by atoms with E-state index in [1.807, 2.05) is 30.3 Å². The summed E-state index contributed by atoms with van der Waals surface area (Å²) >= 11 is 1.38. The third kappa shape index (κ3) is 4.62. The maximum Gasteiger partial charge on any atom is 0.311 e. The third-order valence-electron chi connectivity index (χ3n) is 4.01. The number of carboxylic acid groups (broad SMARTS) is 1. The monoisotopic (exact) mass is 387 g/mol. The molecular formula is C20H15F2NO3S. The van der Waals surface area contributed by atoms with E-state index in [0.29, 0.717) is 5.69 Å². The Labute approximate surface area is 158 Å². The molecule has 1 heterocycles. The Morgan fingerprint density at radius 3 is 2.56 bits per heavy atom. The lowest BCUT2D eigenvalue weighted by Crippen LogP contribution is -2.19. The van der Waals surface area contributed by atoms with Crippen LogP contribution in [0.2, 0.25) is 0 Å². The quantitative estimate of drug-likeness (QED) is 0.650. The fourth-order valence-electron chi connectivity index (χ4n) is 2.72. The van der Waals surface area contributed by atoms with Gasteiger partial charge in [0, 0.05) is 29.3 Å². The standard InChI is InChI=1S/C20H15F2NO3S/c21-13-6-7-18(22)16(8-13)17(20(25)26)10-15(24)9-14-11-27-19(23-14)12-4-2-1-3-5-12/h1-8,11,17H,9-10H2,(H,25,26). The lowest BCUT2D eigenvalue weighted by Gasteiger charge is -2.13. The van der Waals surface area contributed by atoms with Crippen molar-refractivity contribution in [3.8, 4) is 10.6 Å². The second kappa shape index (κ2) is 8.18. The summed E-state index contributed by atoms with van der Waals surface area (Å²) < 4.78 is 27.3. The minimum atomic E-state index is -1.44. The minimum Gasteiger partial charge on any atom is -0.481 e. The number of benzene rings is 2. The van der Waals surface area contributed by atoms with E-state index in [4.69, 9.17) is 0 Å². The zero-order valence-corrected chi connectivity index (χ0v) is 14.9. The molecule has 1 N–H and O–H groups in total. The molecule has 7 heteroatoms. The van der Waals surface area contributed by atoms with Gasteiger partial charge < -0.3 is 5.11 Å². The first-order valence-corrected chi connectivity index (χ1v) is 9.01. The van der Waals surface area contributed by atoms with Gasteiger partial charge in [-0.15, -0.1) is 11.3 Å². The molecule has 0 amide bonds. The van der Waals surface area contributed by atoms with Gasteiger partial charge in [-0.1, -0.05) is 30.3 Å². The van der Waals surface area contributed by atoms with Crippen LogP contribution in [-0.2, 0) is 16.0 Å². The average molecular weight is 387 g/mol. The van der Waals surface area contributed by atoms with Crippen LogP contribution < -0.4 is 0 Å². The summed E-state index contributed by atoms with van der Waals surface area (Å²) in [6.07, 6.45) is -0.502. The largest absolute Gasteiger partial charge is 0.481 e. The summed E-state index contributed by atoms with van der Waals surface area (Å²) in [5.74, 6) is -4.83. The van der Waals surface area contributed by atoms with Gasteiger partial charge in [0.15, 0.2) is 0 Å². The molecule has 3 aromatic rings. The molecule has 1 aromatic heterocycles. The second-order valence-corrected chi connectivity index (χ2v) is 6.84. The topological polar surface area (TPSA) is 67.3 Å². The molecule has 0 aliphatic rings. The van der Waals surface area contributed by atoms with Crippen molar-refractivity contribution in [2.24, 2.45) is 0 Å². The van der Waals surface area contributed by atoms with Crippen molar-refractivity contribution < 1.29 is 23.5 Å². The number of aromatic nitrogens is 1. The number of Topliss-reactive ketones (excluding diaryl/α,β-unsaturated/α-hetero) is 1. The van der Waals surface area contributed by atoms with Crippen LogP contribution >= 0.6 is 11.3 Å². The highest BCUT2D eigenvalue weighted by atomic mass is 32.1. The first kappa shape index (κ1) is 18.8. The molecule has 2 aromatic carbocycles. The number of thiazole rings is 1. The summed E-state index contributed by atoms with van der Waals surface area (Å²) in [5, 5.41) is 11.8. The molecule has 3 rings (SSSR count). The second-order valence-electron chi connectivity index (χ2n) is 5.99. The number of hydrogen-bond acceptors (Lipinski definition) is 4. The zero-order valence-electron chi connectivity index (χ0n) is 14.1. The summed E-state index contributed by atoms with van der Waals surface area (Å²) in [6.45, 7) is 0. The minimum absolute atomic E-state index is 0.0654. The van der Waals surface area contributed by atoms with E-state index >= 15 is 0 Å². The maximum absolute atomic E-state index is 13.9. The van der Waals surface area contributed by atoms with Crippen molar-refractivity contribution >= 4 is 23.1 Å². The maximum atomic E-state index is 13.9. The van der Waals surface area contributed by atoms with Crippen LogP contribution in [0.1, 0.15) is 23.6 Å². The Hall–Kier alpha value is -2.93. The highest BCUT2D eigenvalue weighted by Crippen LogP contribution is 2.27. The molecule has 0 bridgehead atoms. The van der Waals surface area contributed by atoms with Crippen molar-refractivity contribution in [1.82, 2.24) is 4.98 Å². The molecule has 0 radical (unpaired) electrons. The molecule has 0 aliphatic heterocycles. The van der Waals surface area contributed by atoms with Crippen LogP contribution in [0.3, 0.4) is 0 Å². The van der Waals surface area contributed by atoms with E-state index in [1.54, 1.807) is 5.38 Å². The van der Waals surface area contributed by atoms with E-state index in [9.17, 15) is 23.5 Å². The first-order chi connectivity index (χ1) is 12.9. The van der Waals surface area contributed by atoms with Crippen LogP contribution in [-0.4, -0.2) is 21.8 Å². The van der Waals surface area contributed by atoms with Gasteiger partial charge >= 0.3 is 5.97 Å². The normalized spacial score (nSPS) is 11.9. The molecule has 1 unspecified atom stereocenters. The summed E-state index contributed by atoms with van der Waals surface area (Å²) in [6, 6.07) is 12.0. The Morgan fingerprint density at radius 2 is 1.85 bits per heavy atom. The smallest absolute Gasteiger partial charge is 0.311 e. The Bertz CT molecular complexity index is 972. The molecular weight excluding hydrogens is 372 g/mol. The van der Waals surface area contributed by atoms with E-state index in [2.05, 4.69) is 4.98 Å². The van der Waals surface area contributed by atoms with Gasteiger partial charge in [-0.3, -0.25) is 9.59 Å². The van der Waals surface area contributed by atoms with Crippen molar-refractivity contribution in [1.29, 1.82) is 0 Å². The lowest BCUT2D eigenvalue weighted by molar-refractivity contribution is -0.140. The van der Waals surface area contributed by atoms with Crippen LogP contribution in [0, 0.1) is 11.6 Å². The molecule has 0 fully saturated rings. The van der Waals surface area contributed by atoms with Crippen molar-refractivity contribution in [3.05, 3.63) is 76.8 Å². The van der Waals surface area contributed by atoms with Gasteiger partial charge in [-0.25, -0.2) is 13.8 Å². The molecule has 0 saturated carbocycles. The summed E-state index contributed by atoms with van der Waals surface area (Å²) in [5.41, 5.74) is 1.11. The van der Waals surface area contributed by atoms with E-state index in [-0.39, 0.29) is 12.0 Å². The average Bonchev–Trinajstić information content (AvgIpc) is 3.11. The molecule has 4 nitrogen and oxygen atoms in total. The molecule has 0 saturated heterocycles. The van der Waals surface area contributed by atoms with Gasteiger partial charge in [0.25, 0.3) is 0 Å².